The van der Waals surface area contributed by atoms with Crippen LogP contribution in [-0.2, 0) is 9.47 Å². The Balaban J connectivity index is 3.60. The highest BCUT2D eigenvalue weighted by molar-refractivity contribution is 4.68. The third kappa shape index (κ3) is 8.44. The summed E-state index contributed by atoms with van der Waals surface area (Å²) in [6.07, 6.45) is -0.215. The van der Waals surface area contributed by atoms with Crippen LogP contribution < -0.4 is 5.32 Å². The highest BCUT2D eigenvalue weighted by Gasteiger charge is 2.13. The Morgan fingerprint density at radius 1 is 1.21 bits per heavy atom. The predicted octanol–water partition coefficient (Wildman–Crippen LogP) is 0.746. The Morgan fingerprint density at radius 3 is 2.07 bits per heavy atom. The van der Waals surface area contributed by atoms with E-state index >= 15 is 0 Å². The summed E-state index contributed by atoms with van der Waals surface area (Å²) in [7, 11) is 0. The zero-order chi connectivity index (χ0) is 11.0. The molecule has 86 valence electrons. The van der Waals surface area contributed by atoms with Gasteiger partial charge in [0.15, 0.2) is 6.29 Å². The molecule has 4 heteroatoms. The second-order valence-corrected chi connectivity index (χ2v) is 3.78. The van der Waals surface area contributed by atoms with E-state index in [1.54, 1.807) is 13.8 Å². The lowest BCUT2D eigenvalue weighted by atomic mass is 10.1. The fraction of sp³-hybridized carbons (Fsp3) is 1.00. The van der Waals surface area contributed by atoms with E-state index in [4.69, 9.17) is 9.47 Å². The van der Waals surface area contributed by atoms with Crippen molar-refractivity contribution in [3.8, 4) is 0 Å². The molecule has 0 unspecified atom stereocenters. The van der Waals surface area contributed by atoms with Crippen LogP contribution in [0.4, 0.5) is 0 Å². The molecular weight excluding hydrogens is 182 g/mol. The summed E-state index contributed by atoms with van der Waals surface area (Å²) in [5.74, 6) is 0. The van der Waals surface area contributed by atoms with Gasteiger partial charge in [-0.2, -0.15) is 0 Å². The lowest BCUT2D eigenvalue weighted by Gasteiger charge is -2.21. The van der Waals surface area contributed by atoms with Gasteiger partial charge >= 0.3 is 0 Å². The maximum absolute atomic E-state index is 9.45. The molecule has 0 aromatic rings. The van der Waals surface area contributed by atoms with E-state index < -0.39 is 5.60 Å². The van der Waals surface area contributed by atoms with Crippen LogP contribution >= 0.6 is 0 Å². The van der Waals surface area contributed by atoms with E-state index in [0.29, 0.717) is 26.3 Å². The molecule has 0 aliphatic carbocycles. The van der Waals surface area contributed by atoms with Crippen molar-refractivity contribution in [1.29, 1.82) is 0 Å². The monoisotopic (exact) mass is 205 g/mol. The van der Waals surface area contributed by atoms with Crippen LogP contribution in [0.3, 0.4) is 0 Å². The SMILES string of the molecule is CCOC(CNCC(C)(C)O)OCC. The molecule has 0 fully saturated rings. The molecule has 0 radical (unpaired) electrons. The van der Waals surface area contributed by atoms with E-state index in [1.807, 2.05) is 13.8 Å². The van der Waals surface area contributed by atoms with Crippen molar-refractivity contribution in [2.45, 2.75) is 39.6 Å². The smallest absolute Gasteiger partial charge is 0.169 e. The largest absolute Gasteiger partial charge is 0.389 e. The summed E-state index contributed by atoms with van der Waals surface area (Å²) in [6.45, 7) is 9.79. The van der Waals surface area contributed by atoms with Gasteiger partial charge in [0.2, 0.25) is 0 Å². The first kappa shape index (κ1) is 13.8. The van der Waals surface area contributed by atoms with Gasteiger partial charge in [0.1, 0.15) is 0 Å². The molecule has 0 aromatic heterocycles. The molecule has 0 spiro atoms. The maximum Gasteiger partial charge on any atom is 0.169 e. The first-order chi connectivity index (χ1) is 6.49. The zero-order valence-corrected chi connectivity index (χ0v) is 9.67. The fourth-order valence-electron chi connectivity index (χ4n) is 1.03. The van der Waals surface area contributed by atoms with Crippen molar-refractivity contribution in [2.75, 3.05) is 26.3 Å². The van der Waals surface area contributed by atoms with Gasteiger partial charge in [0, 0.05) is 26.3 Å². The number of hydrogen-bond acceptors (Lipinski definition) is 4. The Morgan fingerprint density at radius 2 is 1.71 bits per heavy atom. The van der Waals surface area contributed by atoms with Crippen LogP contribution in [0.1, 0.15) is 27.7 Å². The normalized spacial score (nSPS) is 12.4. The second-order valence-electron chi connectivity index (χ2n) is 3.78. The topological polar surface area (TPSA) is 50.7 Å². The number of nitrogens with one attached hydrogen (secondary N) is 1. The van der Waals surface area contributed by atoms with Crippen LogP contribution in [-0.4, -0.2) is 43.3 Å². The molecule has 14 heavy (non-hydrogen) atoms. The van der Waals surface area contributed by atoms with Gasteiger partial charge in [-0.1, -0.05) is 0 Å². The van der Waals surface area contributed by atoms with Gasteiger partial charge in [-0.05, 0) is 27.7 Å². The third-order valence-corrected chi connectivity index (χ3v) is 1.57. The molecule has 2 N–H and O–H groups in total. The van der Waals surface area contributed by atoms with Crippen molar-refractivity contribution in [3.63, 3.8) is 0 Å². The molecule has 0 rings (SSSR count). The summed E-state index contributed by atoms with van der Waals surface area (Å²) in [5, 5.41) is 12.5. The van der Waals surface area contributed by atoms with Crippen molar-refractivity contribution in [3.05, 3.63) is 0 Å². The van der Waals surface area contributed by atoms with E-state index in [2.05, 4.69) is 5.32 Å². The van der Waals surface area contributed by atoms with Gasteiger partial charge in [-0.3, -0.25) is 0 Å². The van der Waals surface area contributed by atoms with Crippen molar-refractivity contribution >= 4 is 0 Å². The standard InChI is InChI=1S/C10H23NO3/c1-5-13-9(14-6-2)7-11-8-10(3,4)12/h9,11-12H,5-8H2,1-4H3. The number of hydrogen-bond donors (Lipinski definition) is 2. The van der Waals surface area contributed by atoms with E-state index in [1.165, 1.54) is 0 Å². The highest BCUT2D eigenvalue weighted by atomic mass is 16.7. The van der Waals surface area contributed by atoms with Crippen LogP contribution in [0.15, 0.2) is 0 Å². The first-order valence-corrected chi connectivity index (χ1v) is 5.16. The van der Waals surface area contributed by atoms with Gasteiger partial charge in [0.25, 0.3) is 0 Å². The van der Waals surface area contributed by atoms with Crippen LogP contribution in [0.2, 0.25) is 0 Å². The van der Waals surface area contributed by atoms with Crippen molar-refractivity contribution < 1.29 is 14.6 Å². The summed E-state index contributed by atoms with van der Waals surface area (Å²) in [6, 6.07) is 0. The molecule has 0 aromatic carbocycles. The quantitative estimate of drug-likeness (QED) is 0.574. The van der Waals surface area contributed by atoms with Crippen molar-refractivity contribution in [2.24, 2.45) is 0 Å². The number of ether oxygens (including phenoxy) is 2. The Hall–Kier alpha value is -0.160. The molecule has 0 bridgehead atoms. The third-order valence-electron chi connectivity index (χ3n) is 1.57. The van der Waals surface area contributed by atoms with Crippen LogP contribution in [0.5, 0.6) is 0 Å². The first-order valence-electron chi connectivity index (χ1n) is 5.16. The minimum absolute atomic E-state index is 0.215. The summed E-state index contributed by atoms with van der Waals surface area (Å²) >= 11 is 0. The van der Waals surface area contributed by atoms with Gasteiger partial charge < -0.3 is 19.9 Å². The second kappa shape index (κ2) is 7.17. The molecular formula is C10H23NO3. The van der Waals surface area contributed by atoms with Crippen LogP contribution in [0, 0.1) is 0 Å². The molecule has 0 amide bonds. The Bertz CT molecular complexity index is 128. The minimum Gasteiger partial charge on any atom is -0.389 e. The lowest BCUT2D eigenvalue weighted by molar-refractivity contribution is -0.133. The molecule has 0 saturated carbocycles. The summed E-state index contributed by atoms with van der Waals surface area (Å²) in [5.41, 5.74) is -0.691. The van der Waals surface area contributed by atoms with E-state index in [0.717, 1.165) is 0 Å². The van der Waals surface area contributed by atoms with Gasteiger partial charge in [-0.25, -0.2) is 0 Å². The molecule has 4 nitrogen and oxygen atoms in total. The van der Waals surface area contributed by atoms with Crippen LogP contribution in [0.25, 0.3) is 0 Å². The average Bonchev–Trinajstić information content (AvgIpc) is 2.02. The summed E-state index contributed by atoms with van der Waals surface area (Å²) in [4.78, 5) is 0. The van der Waals surface area contributed by atoms with Gasteiger partial charge in [-0.15, -0.1) is 0 Å². The molecule has 0 aliphatic heterocycles. The zero-order valence-electron chi connectivity index (χ0n) is 9.67. The number of rotatable bonds is 8. The van der Waals surface area contributed by atoms with E-state index in [-0.39, 0.29) is 6.29 Å². The Labute approximate surface area is 86.6 Å². The predicted molar refractivity (Wildman–Crippen MR) is 56.2 cm³/mol. The molecule has 0 heterocycles. The minimum atomic E-state index is -0.691. The number of aliphatic hydroxyl groups is 1. The van der Waals surface area contributed by atoms with E-state index in [9.17, 15) is 5.11 Å². The van der Waals surface area contributed by atoms with Crippen molar-refractivity contribution in [1.82, 2.24) is 5.32 Å². The molecule has 0 saturated heterocycles. The average molecular weight is 205 g/mol. The maximum atomic E-state index is 9.45. The lowest BCUT2D eigenvalue weighted by Crippen LogP contribution is -2.40. The highest BCUT2D eigenvalue weighted by Crippen LogP contribution is 1.98. The Kier molecular flexibility index (Phi) is 7.09. The molecule has 0 atom stereocenters. The fourth-order valence-corrected chi connectivity index (χ4v) is 1.03. The molecule has 0 aliphatic rings. The summed E-state index contributed by atoms with van der Waals surface area (Å²) < 4.78 is 10.7. The van der Waals surface area contributed by atoms with Gasteiger partial charge in [0.05, 0.1) is 5.60 Å².